The Balaban J connectivity index is 0.00000711. The Morgan fingerprint density at radius 3 is 1.88 bits per heavy atom. The normalized spacial score (nSPS) is 13.5. The van der Waals surface area contributed by atoms with Crippen LogP contribution in [0, 0.1) is 19.8 Å². The predicted octanol–water partition coefficient (Wildman–Crippen LogP) is 16.7. The van der Waals surface area contributed by atoms with Crippen LogP contribution in [0.25, 0.3) is 83.9 Å². The Hall–Kier alpha value is -6.35. The minimum absolute atomic E-state index is 0. The fourth-order valence-corrected chi connectivity index (χ4v) is 9.49. The van der Waals surface area contributed by atoms with Crippen molar-refractivity contribution in [3.05, 3.63) is 192 Å². The first kappa shape index (κ1) is 39.8. The number of imidazole rings is 1. The van der Waals surface area contributed by atoms with Crippen molar-refractivity contribution in [2.24, 2.45) is 0 Å². The van der Waals surface area contributed by atoms with E-state index < -0.39 is 13.7 Å². The molecule has 4 nitrogen and oxygen atoms in total. The summed E-state index contributed by atoms with van der Waals surface area (Å²) < 4.78 is 53.1. The Labute approximate surface area is 420 Å². The Bertz CT molecular complexity index is 3390. The molecule has 7 aromatic carbocycles. The minimum atomic E-state index is -2.55. The van der Waals surface area contributed by atoms with Crippen molar-refractivity contribution < 1.29 is 34.4 Å². The van der Waals surface area contributed by atoms with Crippen LogP contribution in [0.2, 0.25) is 0 Å². The molecule has 0 atom stereocenters. The first-order valence-electron chi connectivity index (χ1n) is 26.2. The van der Waals surface area contributed by atoms with E-state index in [0.717, 1.165) is 75.8 Å². The summed E-state index contributed by atoms with van der Waals surface area (Å²) in [5.41, 5.74) is 13.2. The van der Waals surface area contributed by atoms with E-state index in [1.54, 1.807) is 36.5 Å². The number of hydrogen-bond donors (Lipinski definition) is 1. The zero-order chi connectivity index (χ0) is 51.2. The maximum Gasteiger partial charge on any atom is 0.148 e. The van der Waals surface area contributed by atoms with E-state index >= 15 is 0 Å². The molecule has 0 spiro atoms. The summed E-state index contributed by atoms with van der Waals surface area (Å²) in [6.45, 7) is 8.79. The molecule has 1 N–H and O–H groups in total. The smallest absolute Gasteiger partial charge is 0.148 e. The molecule has 0 amide bonds. The van der Waals surface area contributed by atoms with Crippen LogP contribution >= 0.6 is 0 Å². The minimum Gasteiger partial charge on any atom is -0.507 e. The third-order valence-electron chi connectivity index (χ3n) is 14.4. The van der Waals surface area contributed by atoms with Gasteiger partial charge < -0.3 is 5.11 Å². The summed E-state index contributed by atoms with van der Waals surface area (Å²) in [6.07, 6.45) is 5.44. The van der Waals surface area contributed by atoms with Crippen molar-refractivity contribution in [3.8, 4) is 78.6 Å². The molecule has 340 valence electrons. The average molecular weight is 1060 g/mol. The molecule has 9 rings (SSSR count). The zero-order valence-electron chi connectivity index (χ0n) is 45.0. The number of aromatic nitrogens is 3. The molecule has 2 heterocycles. The van der Waals surface area contributed by atoms with Gasteiger partial charge >= 0.3 is 0 Å². The van der Waals surface area contributed by atoms with Gasteiger partial charge in [0, 0.05) is 41.2 Å². The van der Waals surface area contributed by atoms with Crippen LogP contribution in [0.1, 0.15) is 97.7 Å². The van der Waals surface area contributed by atoms with Gasteiger partial charge in [0.1, 0.15) is 11.6 Å². The van der Waals surface area contributed by atoms with Gasteiger partial charge in [-0.25, -0.2) is 4.98 Å². The van der Waals surface area contributed by atoms with Gasteiger partial charge in [-0.2, -0.15) is 0 Å². The molecule has 0 bridgehead atoms. The van der Waals surface area contributed by atoms with Crippen LogP contribution in [0.5, 0.6) is 5.75 Å². The number of hydrogen-bond acceptors (Lipinski definition) is 3. The second-order valence-corrected chi connectivity index (χ2v) is 18.0. The van der Waals surface area contributed by atoms with E-state index in [9.17, 15) is 9.22 Å². The summed E-state index contributed by atoms with van der Waals surface area (Å²) in [5, 5.41) is 11.6. The van der Waals surface area contributed by atoms with Gasteiger partial charge in [-0.1, -0.05) is 173 Å². The third kappa shape index (κ3) is 8.85. The van der Waals surface area contributed by atoms with Gasteiger partial charge in [0.2, 0.25) is 0 Å². The second-order valence-electron chi connectivity index (χ2n) is 18.0. The van der Waals surface area contributed by atoms with E-state index in [1.807, 2.05) is 83.4 Å². The Kier molecular flexibility index (Phi) is 11.6. The number of phenols is 1. The molecule has 0 aliphatic rings. The van der Waals surface area contributed by atoms with Crippen LogP contribution in [0.4, 0.5) is 0 Å². The summed E-state index contributed by atoms with van der Waals surface area (Å²) in [4.78, 5) is 10.2. The number of fused-ring (bicyclic) bond motifs is 1. The monoisotopic (exact) mass is 1060 g/mol. The Morgan fingerprint density at radius 1 is 0.582 bits per heavy atom. The molecule has 9 aromatic rings. The van der Waals surface area contributed by atoms with E-state index in [0.29, 0.717) is 33.8 Å². The van der Waals surface area contributed by atoms with Crippen LogP contribution in [0.3, 0.4) is 0 Å². The number of nitrogens with zero attached hydrogens (tertiary/aromatic N) is 3. The van der Waals surface area contributed by atoms with Gasteiger partial charge in [0.05, 0.1) is 22.3 Å². The number of benzene rings is 7. The number of aryl methyl sites for hydroxylation is 2. The third-order valence-corrected chi connectivity index (χ3v) is 14.4. The molecule has 0 fully saturated rings. The summed E-state index contributed by atoms with van der Waals surface area (Å²) >= 11 is 0. The maximum atomic E-state index is 11.6. The average Bonchev–Trinajstić information content (AvgIpc) is 3.79. The molecule has 5 heteroatoms. The van der Waals surface area contributed by atoms with Crippen molar-refractivity contribution in [1.29, 1.82) is 0 Å². The van der Waals surface area contributed by atoms with Crippen LogP contribution < -0.4 is 0 Å². The van der Waals surface area contributed by atoms with Gasteiger partial charge in [-0.05, 0) is 131 Å². The van der Waals surface area contributed by atoms with Crippen molar-refractivity contribution in [3.63, 3.8) is 0 Å². The number of pyridine rings is 1. The number of phenolic OH excluding ortho intramolecular Hbond substituents is 1. The molecule has 2 aromatic heterocycles. The maximum absolute atomic E-state index is 11.6. The summed E-state index contributed by atoms with van der Waals surface area (Å²) in [7, 11) is 0. The molecular formula is C62H60N3OPt-. The fourth-order valence-electron chi connectivity index (χ4n) is 9.49. The first-order chi connectivity index (χ1) is 34.4. The molecule has 0 aliphatic carbocycles. The first-order valence-corrected chi connectivity index (χ1v) is 23.2. The van der Waals surface area contributed by atoms with E-state index in [1.165, 1.54) is 11.1 Å². The van der Waals surface area contributed by atoms with Gasteiger partial charge in [0.25, 0.3) is 0 Å². The van der Waals surface area contributed by atoms with E-state index in [2.05, 4.69) is 96.1 Å². The topological polar surface area (TPSA) is 50.9 Å². The van der Waals surface area contributed by atoms with Crippen molar-refractivity contribution in [1.82, 2.24) is 14.5 Å². The van der Waals surface area contributed by atoms with Gasteiger partial charge in [-0.15, -0.1) is 23.8 Å². The van der Waals surface area contributed by atoms with E-state index in [4.69, 9.17) is 14.1 Å². The Morgan fingerprint density at radius 2 is 1.21 bits per heavy atom. The number of para-hydroxylation sites is 2. The predicted molar refractivity (Wildman–Crippen MR) is 277 cm³/mol. The largest absolute Gasteiger partial charge is 0.507 e. The van der Waals surface area contributed by atoms with Crippen molar-refractivity contribution >= 4 is 11.0 Å². The molecule has 0 radical (unpaired) electrons. The molecule has 67 heavy (non-hydrogen) atoms. The summed E-state index contributed by atoms with van der Waals surface area (Å²) in [6, 6.07) is 54.2. The SMILES string of the molecule is [2H]C([2H])([2H])c1ccc(-c2ccnc(-c3[c-]c(-c4cccc5c4nc(-c4ccccc4O)n5-c4ccc(-c5c(C(C)(CC)CC)cccc5C(C)(CC)CC)cc4C([2H])([2H])[2H])cc(-c4ccccc4)c3)c2)cc1.[Pt]. The standard InChI is InChI=1S/C62H60N3O.Pt/c1-9-61(7,10-2)52-24-19-25-53(62(8,11-3)12-4)58(52)46-32-33-55(42(6)36-46)65-56-26-18-23-50(59(56)64-60(65)51-22-16-17-27-57(51)66)48-37-47(43-20-14-13-15-21-43)38-49(39-48)54-40-45(34-35-63-54)44-30-28-41(5)29-31-44;/h13-38,40,66H,9-12H2,1-8H3;/q-1;/i5D3,6D3;. The number of aromatic hydroxyl groups is 1. The summed E-state index contributed by atoms with van der Waals surface area (Å²) in [5.74, 6) is 0.402. The van der Waals surface area contributed by atoms with Gasteiger partial charge in [0.15, 0.2) is 0 Å². The molecular weight excluding hydrogens is 998 g/mol. The molecule has 0 saturated heterocycles. The van der Waals surface area contributed by atoms with Crippen LogP contribution in [-0.4, -0.2) is 19.6 Å². The molecule has 0 saturated carbocycles. The fraction of sp³-hybridized carbons (Fsp3) is 0.226. The van der Waals surface area contributed by atoms with Crippen molar-refractivity contribution in [2.75, 3.05) is 0 Å². The van der Waals surface area contributed by atoms with Gasteiger partial charge in [-0.3, -0.25) is 9.55 Å². The quantitative estimate of drug-likeness (QED) is 0.117. The van der Waals surface area contributed by atoms with E-state index in [-0.39, 0.29) is 48.8 Å². The van der Waals surface area contributed by atoms with Crippen molar-refractivity contribution in [2.45, 2.75) is 91.8 Å². The van der Waals surface area contributed by atoms with Crippen LogP contribution in [0.15, 0.2) is 164 Å². The molecule has 0 aliphatic heterocycles. The van der Waals surface area contributed by atoms with Crippen LogP contribution in [-0.2, 0) is 31.9 Å². The molecule has 0 unspecified atom stereocenters. The second kappa shape index (κ2) is 19.5. The zero-order valence-corrected chi connectivity index (χ0v) is 41.3. The number of rotatable bonds is 13.